The van der Waals surface area contributed by atoms with Crippen molar-refractivity contribution in [2.45, 2.75) is 13.8 Å². The van der Waals surface area contributed by atoms with Gasteiger partial charge < -0.3 is 29.2 Å². The maximum atomic E-state index is 12.9. The number of carbonyl (C=O) groups is 2. The number of nitrogens with one attached hydrogen (secondary N) is 1. The summed E-state index contributed by atoms with van der Waals surface area (Å²) >= 11 is 0. The standard InChI is InChI=1S/C22H28N2O6/c1-7-29-17-10-9-14(11-20(17)30-8-2)21(25)23-16-13-19(28-6)18(27-5)12-15(16)22(26)24(3)4/h9-13H,7-8H2,1-6H3,(H,23,25). The van der Waals surface area contributed by atoms with E-state index < -0.39 is 5.91 Å². The molecule has 0 aliphatic rings. The summed E-state index contributed by atoms with van der Waals surface area (Å²) in [4.78, 5) is 27.0. The third-order valence-electron chi connectivity index (χ3n) is 4.21. The lowest BCUT2D eigenvalue weighted by Crippen LogP contribution is -2.24. The smallest absolute Gasteiger partial charge is 0.255 e. The van der Waals surface area contributed by atoms with E-state index >= 15 is 0 Å². The number of hydrogen-bond donors (Lipinski definition) is 1. The zero-order chi connectivity index (χ0) is 22.3. The summed E-state index contributed by atoms with van der Waals surface area (Å²) in [6, 6.07) is 8.03. The van der Waals surface area contributed by atoms with Gasteiger partial charge in [0.25, 0.3) is 11.8 Å². The van der Waals surface area contributed by atoms with Crippen LogP contribution in [0.2, 0.25) is 0 Å². The van der Waals surface area contributed by atoms with Crippen LogP contribution in [0.5, 0.6) is 23.0 Å². The van der Waals surface area contributed by atoms with Gasteiger partial charge >= 0.3 is 0 Å². The van der Waals surface area contributed by atoms with E-state index in [0.29, 0.717) is 47.5 Å². The molecular formula is C22H28N2O6. The molecule has 30 heavy (non-hydrogen) atoms. The first-order valence-corrected chi connectivity index (χ1v) is 9.54. The van der Waals surface area contributed by atoms with E-state index in [2.05, 4.69) is 5.32 Å². The number of amides is 2. The van der Waals surface area contributed by atoms with Gasteiger partial charge in [-0.05, 0) is 38.1 Å². The van der Waals surface area contributed by atoms with E-state index in [0.717, 1.165) is 0 Å². The molecule has 0 saturated carbocycles. The van der Waals surface area contributed by atoms with Gasteiger partial charge in [-0.25, -0.2) is 0 Å². The summed E-state index contributed by atoms with van der Waals surface area (Å²) in [6.45, 7) is 4.64. The molecule has 2 aromatic carbocycles. The Morgan fingerprint density at radius 1 is 0.867 bits per heavy atom. The van der Waals surface area contributed by atoms with E-state index in [1.54, 1.807) is 44.4 Å². The third-order valence-corrected chi connectivity index (χ3v) is 4.21. The first-order valence-electron chi connectivity index (χ1n) is 9.54. The predicted octanol–water partition coefficient (Wildman–Crippen LogP) is 3.46. The molecule has 1 N–H and O–H groups in total. The van der Waals surface area contributed by atoms with E-state index in [9.17, 15) is 9.59 Å². The van der Waals surface area contributed by atoms with Crippen LogP contribution in [-0.4, -0.2) is 58.2 Å². The highest BCUT2D eigenvalue weighted by molar-refractivity contribution is 6.09. The molecule has 2 rings (SSSR count). The summed E-state index contributed by atoms with van der Waals surface area (Å²) < 4.78 is 21.7. The first-order chi connectivity index (χ1) is 14.4. The average molecular weight is 416 g/mol. The van der Waals surface area contributed by atoms with Crippen LogP contribution in [0.1, 0.15) is 34.6 Å². The molecule has 0 aromatic heterocycles. The van der Waals surface area contributed by atoms with Crippen LogP contribution in [0.25, 0.3) is 0 Å². The van der Waals surface area contributed by atoms with Crippen molar-refractivity contribution in [3.63, 3.8) is 0 Å². The van der Waals surface area contributed by atoms with Crippen molar-refractivity contribution >= 4 is 17.5 Å². The highest BCUT2D eigenvalue weighted by Crippen LogP contribution is 2.34. The molecule has 0 aliphatic carbocycles. The van der Waals surface area contributed by atoms with E-state index in [-0.39, 0.29) is 11.5 Å². The van der Waals surface area contributed by atoms with Gasteiger partial charge in [0.2, 0.25) is 0 Å². The molecule has 0 spiro atoms. The van der Waals surface area contributed by atoms with Gasteiger partial charge in [-0.1, -0.05) is 0 Å². The number of hydrogen-bond acceptors (Lipinski definition) is 6. The van der Waals surface area contributed by atoms with Crippen molar-refractivity contribution in [3.05, 3.63) is 41.5 Å². The van der Waals surface area contributed by atoms with Crippen molar-refractivity contribution < 1.29 is 28.5 Å². The fourth-order valence-electron chi connectivity index (χ4n) is 2.79. The molecule has 2 aromatic rings. The van der Waals surface area contributed by atoms with Gasteiger partial charge in [0.15, 0.2) is 23.0 Å². The van der Waals surface area contributed by atoms with Crippen molar-refractivity contribution in [1.82, 2.24) is 4.90 Å². The summed E-state index contributed by atoms with van der Waals surface area (Å²) in [5.74, 6) is 1.13. The second-order valence-electron chi connectivity index (χ2n) is 6.43. The van der Waals surface area contributed by atoms with Gasteiger partial charge in [0.1, 0.15) is 0 Å². The molecule has 8 nitrogen and oxygen atoms in total. The van der Waals surface area contributed by atoms with E-state index in [1.807, 2.05) is 13.8 Å². The van der Waals surface area contributed by atoms with Crippen LogP contribution in [-0.2, 0) is 0 Å². The minimum Gasteiger partial charge on any atom is -0.493 e. The molecule has 0 atom stereocenters. The zero-order valence-electron chi connectivity index (χ0n) is 18.2. The number of anilines is 1. The Morgan fingerprint density at radius 3 is 2.03 bits per heavy atom. The number of ether oxygens (including phenoxy) is 4. The highest BCUT2D eigenvalue weighted by Gasteiger charge is 2.21. The Bertz CT molecular complexity index is 911. The Balaban J connectivity index is 2.44. The van der Waals surface area contributed by atoms with Crippen LogP contribution in [0.4, 0.5) is 5.69 Å². The number of carbonyl (C=O) groups excluding carboxylic acids is 2. The highest BCUT2D eigenvalue weighted by atomic mass is 16.5. The van der Waals surface area contributed by atoms with Crippen molar-refractivity contribution in [2.24, 2.45) is 0 Å². The molecule has 0 heterocycles. The normalized spacial score (nSPS) is 10.2. The first kappa shape index (κ1) is 22.9. The molecule has 0 bridgehead atoms. The van der Waals surface area contributed by atoms with Crippen LogP contribution >= 0.6 is 0 Å². The number of nitrogens with zero attached hydrogens (tertiary/aromatic N) is 1. The molecule has 8 heteroatoms. The average Bonchev–Trinajstić information content (AvgIpc) is 2.74. The molecule has 0 saturated heterocycles. The minimum atomic E-state index is -0.404. The van der Waals surface area contributed by atoms with E-state index in [1.165, 1.54) is 19.1 Å². The largest absolute Gasteiger partial charge is 0.493 e. The monoisotopic (exact) mass is 416 g/mol. The van der Waals surface area contributed by atoms with Gasteiger partial charge in [0.05, 0.1) is 38.7 Å². The Hall–Kier alpha value is -3.42. The lowest BCUT2D eigenvalue weighted by atomic mass is 10.1. The van der Waals surface area contributed by atoms with Crippen LogP contribution in [0.15, 0.2) is 30.3 Å². The van der Waals surface area contributed by atoms with Crippen LogP contribution in [0.3, 0.4) is 0 Å². The summed E-state index contributed by atoms with van der Waals surface area (Å²) in [6.07, 6.45) is 0. The van der Waals surface area contributed by atoms with Gasteiger partial charge in [-0.3, -0.25) is 9.59 Å². The molecule has 0 aliphatic heterocycles. The van der Waals surface area contributed by atoms with Crippen molar-refractivity contribution in [1.29, 1.82) is 0 Å². The topological polar surface area (TPSA) is 86.3 Å². The van der Waals surface area contributed by atoms with E-state index in [4.69, 9.17) is 18.9 Å². The molecule has 0 unspecified atom stereocenters. The Labute approximate surface area is 176 Å². The van der Waals surface area contributed by atoms with Crippen molar-refractivity contribution in [2.75, 3.05) is 46.8 Å². The molecular weight excluding hydrogens is 388 g/mol. The van der Waals surface area contributed by atoms with Crippen LogP contribution in [0, 0.1) is 0 Å². The summed E-state index contributed by atoms with van der Waals surface area (Å²) in [5.41, 5.74) is 0.949. The fourth-order valence-corrected chi connectivity index (χ4v) is 2.79. The minimum absolute atomic E-state index is 0.280. The van der Waals surface area contributed by atoms with Gasteiger partial charge in [-0.15, -0.1) is 0 Å². The molecule has 162 valence electrons. The maximum Gasteiger partial charge on any atom is 0.255 e. The van der Waals surface area contributed by atoms with Crippen LogP contribution < -0.4 is 24.3 Å². The molecule has 0 radical (unpaired) electrons. The zero-order valence-corrected chi connectivity index (χ0v) is 18.2. The third kappa shape index (κ3) is 5.14. The lowest BCUT2D eigenvalue weighted by molar-refractivity contribution is 0.0828. The second kappa shape index (κ2) is 10.4. The van der Waals surface area contributed by atoms with Gasteiger partial charge in [0, 0.05) is 25.7 Å². The number of benzene rings is 2. The Kier molecular flexibility index (Phi) is 7.91. The van der Waals surface area contributed by atoms with Crippen molar-refractivity contribution in [3.8, 4) is 23.0 Å². The maximum absolute atomic E-state index is 12.9. The SMILES string of the molecule is CCOc1ccc(C(=O)Nc2cc(OC)c(OC)cc2C(=O)N(C)C)cc1OCC. The molecule has 2 amide bonds. The summed E-state index contributed by atoms with van der Waals surface area (Å²) in [7, 11) is 6.23. The predicted molar refractivity (Wildman–Crippen MR) is 114 cm³/mol. The summed E-state index contributed by atoms with van der Waals surface area (Å²) in [5, 5.41) is 2.79. The Morgan fingerprint density at radius 2 is 1.47 bits per heavy atom. The number of rotatable bonds is 9. The lowest BCUT2D eigenvalue weighted by Gasteiger charge is -2.18. The van der Waals surface area contributed by atoms with Gasteiger partial charge in [-0.2, -0.15) is 0 Å². The quantitative estimate of drug-likeness (QED) is 0.674. The molecule has 0 fully saturated rings. The number of methoxy groups -OCH3 is 2. The second-order valence-corrected chi connectivity index (χ2v) is 6.43. The fraction of sp³-hybridized carbons (Fsp3) is 0.364.